The fraction of sp³-hybridized carbons (Fsp3) is 0.366. The van der Waals surface area contributed by atoms with Crippen molar-refractivity contribution in [2.24, 2.45) is 9.98 Å². The third kappa shape index (κ3) is 27.1. The Balaban J connectivity index is 0.545. The van der Waals surface area contributed by atoms with Gasteiger partial charge in [-0.2, -0.15) is 10.5 Å². The maximum atomic E-state index is 9.02. The molecular weight excluding hydrogens is 1140 g/mol. The monoisotopic (exact) mass is 1230 g/mol. The van der Waals surface area contributed by atoms with Crippen molar-refractivity contribution in [3.8, 4) is 68.9 Å². The van der Waals surface area contributed by atoms with Crippen LogP contribution >= 0.6 is 0 Å². The second-order valence-electron chi connectivity index (χ2n) is 23.6. The van der Waals surface area contributed by atoms with E-state index in [9.17, 15) is 0 Å². The van der Waals surface area contributed by atoms with Crippen LogP contribution in [0.3, 0.4) is 0 Å². The van der Waals surface area contributed by atoms with Crippen molar-refractivity contribution >= 4 is 23.8 Å². The molecule has 0 aromatic heterocycles. The molecule has 0 aliphatic rings. The lowest BCUT2D eigenvalue weighted by Gasteiger charge is -2.08. The summed E-state index contributed by atoms with van der Waals surface area (Å²) < 4.78 is 36.1. The van der Waals surface area contributed by atoms with Crippen molar-refractivity contribution in [3.05, 3.63) is 216 Å². The first-order valence-electron chi connectivity index (χ1n) is 34.0. The molecule has 0 atom stereocenters. The largest absolute Gasteiger partial charge is 0.494 e. The molecule has 0 saturated heterocycles. The lowest BCUT2D eigenvalue weighted by atomic mass is 10.0. The van der Waals surface area contributed by atoms with Gasteiger partial charge in [0.05, 0.1) is 74.3 Å². The minimum Gasteiger partial charge on any atom is -0.494 e. The molecule has 8 rings (SSSR count). The number of aliphatic imine (C=N–C) groups is 2. The topological polar surface area (TPSA) is 128 Å². The van der Waals surface area contributed by atoms with Gasteiger partial charge in [0.25, 0.3) is 0 Å². The molecule has 0 aliphatic carbocycles. The van der Waals surface area contributed by atoms with Crippen molar-refractivity contribution in [3.63, 3.8) is 0 Å². The Hall–Kier alpha value is -9.12. The zero-order valence-corrected chi connectivity index (χ0v) is 54.1. The highest BCUT2D eigenvalue weighted by atomic mass is 16.5. The van der Waals surface area contributed by atoms with Crippen LogP contribution in [0.1, 0.15) is 176 Å². The highest BCUT2D eigenvalue weighted by Gasteiger charge is 2.06. The van der Waals surface area contributed by atoms with Gasteiger partial charge in [-0.05, 0) is 217 Å². The van der Waals surface area contributed by atoms with E-state index in [1.807, 2.05) is 158 Å². The average molecular weight is 1230 g/mol. The molecule has 0 spiro atoms. The molecular formula is C82H94N4O6. The maximum absolute atomic E-state index is 9.02. The number of unbranched alkanes of at least 4 members (excludes halogenated alkanes) is 21. The smallest absolute Gasteiger partial charge is 0.119 e. The summed E-state index contributed by atoms with van der Waals surface area (Å²) in [6.07, 6.45) is 32.4. The van der Waals surface area contributed by atoms with Crippen LogP contribution in [0, 0.1) is 22.7 Å². The second kappa shape index (κ2) is 42.0. The number of benzene rings is 8. The maximum Gasteiger partial charge on any atom is 0.119 e. The molecule has 0 aliphatic heterocycles. The van der Waals surface area contributed by atoms with Gasteiger partial charge in [0, 0.05) is 12.4 Å². The Morgan fingerprint density at radius 2 is 0.413 bits per heavy atom. The highest BCUT2D eigenvalue weighted by Crippen LogP contribution is 2.27. The van der Waals surface area contributed by atoms with E-state index in [0.29, 0.717) is 24.3 Å². The Labute approximate surface area is 548 Å². The molecule has 10 heteroatoms. The summed E-state index contributed by atoms with van der Waals surface area (Å²) >= 11 is 0. The van der Waals surface area contributed by atoms with Crippen molar-refractivity contribution in [2.75, 3.05) is 39.6 Å². The van der Waals surface area contributed by atoms with Gasteiger partial charge in [-0.1, -0.05) is 164 Å². The van der Waals surface area contributed by atoms with Crippen LogP contribution in [0.15, 0.2) is 204 Å². The molecule has 0 fully saturated rings. The van der Waals surface area contributed by atoms with Gasteiger partial charge in [0.2, 0.25) is 0 Å². The predicted molar refractivity (Wildman–Crippen MR) is 377 cm³/mol. The van der Waals surface area contributed by atoms with E-state index >= 15 is 0 Å². The fourth-order valence-electron chi connectivity index (χ4n) is 10.8. The molecule has 0 saturated carbocycles. The van der Waals surface area contributed by atoms with Gasteiger partial charge >= 0.3 is 0 Å². The third-order valence-electron chi connectivity index (χ3n) is 16.3. The molecule has 0 unspecified atom stereocenters. The van der Waals surface area contributed by atoms with Gasteiger partial charge in [-0.25, -0.2) is 0 Å². The van der Waals surface area contributed by atoms with Crippen molar-refractivity contribution < 1.29 is 28.4 Å². The first-order chi connectivity index (χ1) is 45.5. The number of nitriles is 2. The lowest BCUT2D eigenvalue weighted by Crippen LogP contribution is -1.98. The Morgan fingerprint density at radius 1 is 0.228 bits per heavy atom. The van der Waals surface area contributed by atoms with Crippen LogP contribution in [0.4, 0.5) is 11.4 Å². The molecule has 0 radical (unpaired) electrons. The summed E-state index contributed by atoms with van der Waals surface area (Å²) in [5, 5.41) is 18.0. The first kappa shape index (κ1) is 68.8. The summed E-state index contributed by atoms with van der Waals surface area (Å²) in [4.78, 5) is 9.34. The van der Waals surface area contributed by atoms with Gasteiger partial charge in [-0.3, -0.25) is 9.98 Å². The summed E-state index contributed by atoms with van der Waals surface area (Å²) in [7, 11) is 0. The minimum atomic E-state index is 0.674. The lowest BCUT2D eigenvalue weighted by molar-refractivity contribution is 0.297. The summed E-state index contributed by atoms with van der Waals surface area (Å²) in [5.74, 6) is 5.37. The number of rotatable bonds is 45. The van der Waals surface area contributed by atoms with Crippen LogP contribution in [-0.2, 0) is 0 Å². The molecule has 92 heavy (non-hydrogen) atoms. The van der Waals surface area contributed by atoms with E-state index in [4.69, 9.17) is 38.9 Å². The molecule has 0 amide bonds. The third-order valence-corrected chi connectivity index (χ3v) is 16.3. The first-order valence-corrected chi connectivity index (χ1v) is 34.0. The molecule has 0 bridgehead atoms. The normalized spacial score (nSPS) is 11.2. The fourth-order valence-corrected chi connectivity index (χ4v) is 10.8. The van der Waals surface area contributed by atoms with Crippen LogP contribution in [0.25, 0.3) is 22.3 Å². The van der Waals surface area contributed by atoms with Gasteiger partial charge in [-0.15, -0.1) is 0 Å². The van der Waals surface area contributed by atoms with Crippen LogP contribution < -0.4 is 28.4 Å². The van der Waals surface area contributed by atoms with Gasteiger partial charge < -0.3 is 28.4 Å². The zero-order chi connectivity index (χ0) is 63.6. The Morgan fingerprint density at radius 3 is 0.630 bits per heavy atom. The minimum absolute atomic E-state index is 0.674. The van der Waals surface area contributed by atoms with E-state index in [0.717, 1.165) is 157 Å². The van der Waals surface area contributed by atoms with E-state index in [-0.39, 0.29) is 0 Å². The highest BCUT2D eigenvalue weighted by molar-refractivity contribution is 5.83. The molecule has 8 aromatic carbocycles. The van der Waals surface area contributed by atoms with E-state index in [1.165, 1.54) is 103 Å². The average Bonchev–Trinajstić information content (AvgIpc) is 3.17. The van der Waals surface area contributed by atoms with E-state index in [1.54, 1.807) is 0 Å². The van der Waals surface area contributed by atoms with Crippen LogP contribution in [0.5, 0.6) is 34.5 Å². The second-order valence-corrected chi connectivity index (χ2v) is 23.6. The predicted octanol–water partition coefficient (Wildman–Crippen LogP) is 22.0. The number of ether oxygens (including phenoxy) is 6. The molecule has 10 nitrogen and oxygen atoms in total. The summed E-state index contributed by atoms with van der Waals surface area (Å²) in [6, 6.07) is 68.4. The molecule has 8 aromatic rings. The van der Waals surface area contributed by atoms with E-state index < -0.39 is 0 Å². The molecule has 0 heterocycles. The van der Waals surface area contributed by atoms with E-state index in [2.05, 4.69) is 70.7 Å². The van der Waals surface area contributed by atoms with Gasteiger partial charge in [0.15, 0.2) is 0 Å². The Bertz CT molecular complexity index is 3180. The number of nitrogens with zero attached hydrogens (tertiary/aromatic N) is 4. The van der Waals surface area contributed by atoms with Gasteiger partial charge in [0.1, 0.15) is 34.5 Å². The summed E-state index contributed by atoms with van der Waals surface area (Å²) in [5.41, 5.74) is 9.66. The van der Waals surface area contributed by atoms with Crippen molar-refractivity contribution in [2.45, 2.75) is 154 Å². The SMILES string of the molecule is N#Cc1ccc(-c2ccc(OCCCCCCCCCCCOc3ccc(C=Nc4ccc(OCCCCCCCCOc5ccc(N=Cc6ccc(OCCCCCCCCCCCOc7ccc(-c8ccc(C#N)cc8)cc7)cc6)cc5)cc4)cc3)cc2)cc1. The zero-order valence-electron chi connectivity index (χ0n) is 54.1. The standard InChI is InChI=1S/C82H94N4O6/c83-63-67-25-33-71(34-26-67)73-37-49-79(50-38-73)89-59-21-15-9-5-1-3-7-13-19-57-87-77-45-29-69(30-46-77)65-85-75-41-53-81(54-42-75)91-61-23-17-11-12-18-24-62-92-82-55-43-76(44-56-82)86-66-70-31-47-78(48-32-70)88-58-20-14-8-4-2-6-10-16-22-60-90-80-51-39-74(40-52-80)72-35-27-68(64-84)28-36-72/h25-56,65-66H,1-24,57-62H2. The summed E-state index contributed by atoms with van der Waals surface area (Å²) in [6.45, 7) is 4.42. The quantitative estimate of drug-likeness (QED) is 0.0273. The number of hydrogen-bond acceptors (Lipinski definition) is 10. The van der Waals surface area contributed by atoms with Crippen LogP contribution in [0.2, 0.25) is 0 Å². The molecule has 0 N–H and O–H groups in total. The van der Waals surface area contributed by atoms with Crippen molar-refractivity contribution in [1.29, 1.82) is 10.5 Å². The van der Waals surface area contributed by atoms with Crippen molar-refractivity contribution in [1.82, 2.24) is 0 Å². The Kier molecular flexibility index (Phi) is 31.4. The molecule has 478 valence electrons. The van der Waals surface area contributed by atoms with Crippen LogP contribution in [-0.4, -0.2) is 52.1 Å². The number of hydrogen-bond donors (Lipinski definition) is 0.